The van der Waals surface area contributed by atoms with Crippen molar-refractivity contribution < 1.29 is 67.4 Å². The highest BCUT2D eigenvalue weighted by atomic mass is 16.4. The number of nitrogens with two attached hydrogens (primary N) is 6. The van der Waals surface area contributed by atoms with Gasteiger partial charge in [0.2, 0.25) is 70.9 Å². The summed E-state index contributed by atoms with van der Waals surface area (Å²) in [7, 11) is 0. The first-order valence-electron chi connectivity index (χ1n) is 34.6. The average molecular weight is 1410 g/mol. The second-order valence-corrected chi connectivity index (χ2v) is 26.2. The zero-order valence-corrected chi connectivity index (χ0v) is 57.8. The molecule has 3 fully saturated rings. The van der Waals surface area contributed by atoms with Gasteiger partial charge in [-0.1, -0.05) is 34.1 Å². The van der Waals surface area contributed by atoms with Gasteiger partial charge in [0.1, 0.15) is 60.4 Å². The molecule has 0 aliphatic carbocycles. The highest BCUT2D eigenvalue weighted by molar-refractivity contribution is 5.99. The lowest BCUT2D eigenvalue weighted by Crippen LogP contribution is -2.61. The molecule has 5 rings (SSSR count). The van der Waals surface area contributed by atoms with Gasteiger partial charge in [0.15, 0.2) is 5.96 Å². The Hall–Kier alpha value is -9.32. The molecule has 0 bridgehead atoms. The average Bonchev–Trinajstić information content (AvgIpc) is 1.55. The van der Waals surface area contributed by atoms with Gasteiger partial charge in [-0.15, -0.1) is 0 Å². The number of aliphatic imine (C=N–C) groups is 1. The molecule has 0 unspecified atom stereocenters. The molecule has 0 spiro atoms. The Morgan fingerprint density at radius 2 is 1.05 bits per heavy atom. The molecule has 2 aromatic rings. The maximum Gasteiger partial charge on any atom is 0.326 e. The number of nitrogens with zero attached hydrogens (tertiary/aromatic N) is 6. The van der Waals surface area contributed by atoms with Crippen molar-refractivity contribution in [3.8, 4) is 0 Å². The topological polar surface area (TPSA) is 574 Å². The Bertz CT molecular complexity index is 3090. The summed E-state index contributed by atoms with van der Waals surface area (Å²) < 4.78 is 0. The van der Waals surface area contributed by atoms with E-state index in [1.807, 2.05) is 13.8 Å². The summed E-state index contributed by atoms with van der Waals surface area (Å²) in [5.41, 5.74) is 35.1. The van der Waals surface area contributed by atoms with Crippen molar-refractivity contribution in [2.24, 2.45) is 51.2 Å². The number of H-pyrrole nitrogens is 2. The maximum atomic E-state index is 15.0. The van der Waals surface area contributed by atoms with E-state index in [1.54, 1.807) is 13.8 Å². The molecule has 0 radical (unpaired) electrons. The number of hydrogen-bond acceptors (Lipinski definition) is 19. The van der Waals surface area contributed by atoms with E-state index in [4.69, 9.17) is 34.4 Å². The Balaban J connectivity index is 1.31. The third kappa shape index (κ3) is 25.4. The third-order valence-electron chi connectivity index (χ3n) is 18.0. The maximum absolute atomic E-state index is 15.0. The minimum absolute atomic E-state index is 0.00913. The number of amides is 12. The molecule has 12 atom stereocenters. The molecule has 12 amide bonds. The van der Waals surface area contributed by atoms with Gasteiger partial charge in [-0.25, -0.2) is 14.8 Å². The summed E-state index contributed by atoms with van der Waals surface area (Å²) in [6.45, 7) is 7.70. The molecule has 100 heavy (non-hydrogen) atoms. The molecule has 36 nitrogen and oxygen atoms in total. The number of likely N-dealkylation sites (tertiary alicyclic amines) is 3. The van der Waals surface area contributed by atoms with Crippen molar-refractivity contribution in [2.45, 2.75) is 223 Å². The number of aromatic amines is 2. The minimum atomic E-state index is -1.53. The lowest BCUT2D eigenvalue weighted by Gasteiger charge is -2.32. The quantitative estimate of drug-likeness (QED) is 0.0169. The number of carboxylic acid groups (broad SMARTS) is 1. The first-order chi connectivity index (χ1) is 47.7. The zero-order valence-electron chi connectivity index (χ0n) is 57.8. The zero-order chi connectivity index (χ0) is 73.6. The van der Waals surface area contributed by atoms with Crippen molar-refractivity contribution in [1.29, 1.82) is 0 Å². The number of carboxylic acids is 1. The van der Waals surface area contributed by atoms with Crippen molar-refractivity contribution in [1.82, 2.24) is 77.2 Å². The Labute approximate surface area is 581 Å². The van der Waals surface area contributed by atoms with Crippen molar-refractivity contribution in [2.75, 3.05) is 45.8 Å². The number of imidazole rings is 2. The van der Waals surface area contributed by atoms with E-state index in [1.165, 1.54) is 39.7 Å². The third-order valence-corrected chi connectivity index (χ3v) is 18.0. The molecule has 5 heterocycles. The molecule has 36 heteroatoms. The number of carbonyl (C=O) groups is 13. The van der Waals surface area contributed by atoms with Gasteiger partial charge in [0.25, 0.3) is 0 Å². The number of hydrogen-bond donors (Lipinski definition) is 17. The molecule has 2 aromatic heterocycles. The van der Waals surface area contributed by atoms with E-state index in [0.29, 0.717) is 82.1 Å². The number of aliphatic carboxylic acids is 1. The summed E-state index contributed by atoms with van der Waals surface area (Å²) in [4.78, 5) is 202. The van der Waals surface area contributed by atoms with Crippen molar-refractivity contribution in [3.05, 3.63) is 36.4 Å². The molecule has 0 aromatic carbocycles. The molecular formula is C64H106N22O14. The van der Waals surface area contributed by atoms with Crippen LogP contribution in [0.1, 0.15) is 155 Å². The van der Waals surface area contributed by atoms with Gasteiger partial charge in [-0.3, -0.25) is 62.5 Å². The Kier molecular flexibility index (Phi) is 33.6. The van der Waals surface area contributed by atoms with Crippen molar-refractivity contribution in [3.63, 3.8) is 0 Å². The van der Waals surface area contributed by atoms with Crippen LogP contribution in [0.4, 0.5) is 0 Å². The fourth-order valence-corrected chi connectivity index (χ4v) is 12.4. The van der Waals surface area contributed by atoms with Gasteiger partial charge >= 0.3 is 5.97 Å². The van der Waals surface area contributed by atoms with E-state index in [9.17, 15) is 67.4 Å². The molecule has 3 saturated heterocycles. The van der Waals surface area contributed by atoms with Crippen LogP contribution in [0.15, 0.2) is 30.0 Å². The van der Waals surface area contributed by atoms with Crippen LogP contribution in [-0.2, 0) is 75.2 Å². The number of guanidine groups is 1. The lowest BCUT2D eigenvalue weighted by molar-refractivity contribution is -0.149. The minimum Gasteiger partial charge on any atom is -0.480 e. The predicted molar refractivity (Wildman–Crippen MR) is 364 cm³/mol. The van der Waals surface area contributed by atoms with Crippen LogP contribution in [0.3, 0.4) is 0 Å². The molecular weight excluding hydrogens is 1300 g/mol. The smallest absolute Gasteiger partial charge is 0.326 e. The largest absolute Gasteiger partial charge is 0.480 e. The number of nitrogens with one attached hydrogen (secondary N) is 10. The normalized spacial score (nSPS) is 18.6. The Morgan fingerprint density at radius 3 is 1.57 bits per heavy atom. The predicted octanol–water partition coefficient (Wildman–Crippen LogP) is -4.52. The van der Waals surface area contributed by atoms with E-state index in [0.717, 1.165) is 0 Å². The number of unbranched alkanes of at least 4 members (excludes halogenated alkanes) is 2. The first-order valence-corrected chi connectivity index (χ1v) is 34.6. The number of aromatic nitrogens is 4. The van der Waals surface area contributed by atoms with Crippen LogP contribution >= 0.6 is 0 Å². The first kappa shape index (κ1) is 81.4. The van der Waals surface area contributed by atoms with Crippen LogP contribution in [0.5, 0.6) is 0 Å². The SMILES string of the molecule is CC[C@H](C)[C@H](NC(=O)[C@@H]1CCCN1C(=O)[C@H](Cc1cnc[nH]1)NC(=O)[C@H](CCCCN)NC(=O)[C@@H]1CCCN1C(=O)[C@@H](N)CCCN=C(N)N)C(=O)N[C@@H](CCCCN)C(=O)N[C@@H](Cc1cnc[nH]1)C(=O)N[C@@H](CCC(N)=O)C(=O)NCC(=O)N[C@@H](CC(C)C)C(=O)N1CCC[C@H]1C(=O)O. The van der Waals surface area contributed by atoms with Crippen LogP contribution in [0.2, 0.25) is 0 Å². The summed E-state index contributed by atoms with van der Waals surface area (Å²) in [6, 6.07) is -13.4. The van der Waals surface area contributed by atoms with E-state index in [2.05, 4.69) is 67.5 Å². The van der Waals surface area contributed by atoms with Gasteiger partial charge in [0, 0.05) is 69.2 Å². The molecule has 23 N–H and O–H groups in total. The molecule has 0 saturated carbocycles. The molecule has 3 aliphatic rings. The number of carbonyl (C=O) groups excluding carboxylic acids is 12. The van der Waals surface area contributed by atoms with Crippen LogP contribution in [0, 0.1) is 11.8 Å². The summed E-state index contributed by atoms with van der Waals surface area (Å²) in [5.74, 6) is -10.8. The lowest BCUT2D eigenvalue weighted by atomic mass is 9.96. The standard InChI is InChI=1S/C64H106N22O14/c1-5-37(4)52(83-58(94)48-18-12-26-85(48)62(98)46(30-39-32-72-35-76-39)82-55(91)41(15-6-8-22-65)79-57(93)47-17-11-25-84(47)60(96)40(67)14-10-24-73-64(69)70)59(95)80-42(16-7-9-23-66)54(90)81-44(29-38-31-71-34-75-38)56(92)78-43(20-21-50(68)87)53(89)74-33-51(88)77-45(28-36(2)3)61(97)86-27-13-19-49(86)63(99)100/h31-32,34-37,40-49,52H,5-30,33,65-67H2,1-4H3,(H2,68,87)(H,71,75)(H,72,76)(H,74,89)(H,77,88)(H,78,92)(H,79,93)(H,80,95)(H,81,90)(H,82,91)(H,83,94)(H,99,100)(H4,69,70,73)/t37-,40-,41-,42-,43-,44-,45-,46-,47-,48-,49-,52-/m0/s1. The summed E-state index contributed by atoms with van der Waals surface area (Å²) in [6.07, 6.45) is 9.38. The number of primary amides is 1. The fourth-order valence-electron chi connectivity index (χ4n) is 12.4. The molecule has 556 valence electrons. The Morgan fingerprint density at radius 1 is 0.570 bits per heavy atom. The summed E-state index contributed by atoms with van der Waals surface area (Å²) in [5, 5.41) is 31.3. The van der Waals surface area contributed by atoms with Gasteiger partial charge < -0.3 is 107 Å². The fraction of sp³-hybridized carbons (Fsp3) is 0.688. The van der Waals surface area contributed by atoms with E-state index < -0.39 is 162 Å². The van der Waals surface area contributed by atoms with Gasteiger partial charge in [0.05, 0.1) is 25.2 Å². The summed E-state index contributed by atoms with van der Waals surface area (Å²) >= 11 is 0. The van der Waals surface area contributed by atoms with Crippen LogP contribution < -0.4 is 76.9 Å². The highest BCUT2D eigenvalue weighted by Crippen LogP contribution is 2.24. The van der Waals surface area contributed by atoms with E-state index in [-0.39, 0.29) is 102 Å². The number of rotatable bonds is 43. The van der Waals surface area contributed by atoms with Crippen LogP contribution in [-0.4, -0.2) is 235 Å². The van der Waals surface area contributed by atoms with Crippen molar-refractivity contribution >= 4 is 82.8 Å². The second-order valence-electron chi connectivity index (χ2n) is 26.2. The van der Waals surface area contributed by atoms with Gasteiger partial charge in [-0.2, -0.15) is 0 Å². The van der Waals surface area contributed by atoms with Gasteiger partial charge in [-0.05, 0) is 128 Å². The highest BCUT2D eigenvalue weighted by Gasteiger charge is 2.43. The van der Waals surface area contributed by atoms with E-state index >= 15 is 0 Å². The second kappa shape index (κ2) is 41.3. The molecule has 3 aliphatic heterocycles. The monoisotopic (exact) mass is 1410 g/mol. The van der Waals surface area contributed by atoms with Crippen LogP contribution in [0.25, 0.3) is 0 Å².